The van der Waals surface area contributed by atoms with Crippen molar-refractivity contribution in [3.63, 3.8) is 0 Å². The highest BCUT2D eigenvalue weighted by Crippen LogP contribution is 2.31. The first-order valence-corrected chi connectivity index (χ1v) is 8.19. The lowest BCUT2D eigenvalue weighted by Gasteiger charge is -2.10. The van der Waals surface area contributed by atoms with E-state index in [0.717, 1.165) is 33.5 Å². The third-order valence-corrected chi connectivity index (χ3v) is 3.95. The Bertz CT molecular complexity index is 590. The second kappa shape index (κ2) is 8.54. The van der Waals surface area contributed by atoms with Gasteiger partial charge in [-0.2, -0.15) is 0 Å². The molecule has 0 saturated carbocycles. The van der Waals surface area contributed by atoms with E-state index in [0.29, 0.717) is 6.61 Å². The monoisotopic (exact) mass is 413 g/mol. The molecular formula is C16H17Br2NO2. The fourth-order valence-corrected chi connectivity index (χ4v) is 2.69. The van der Waals surface area contributed by atoms with E-state index in [2.05, 4.69) is 49.3 Å². The summed E-state index contributed by atoms with van der Waals surface area (Å²) in [5, 5.41) is 3.31. The molecule has 0 amide bonds. The number of rotatable bonds is 7. The van der Waals surface area contributed by atoms with Gasteiger partial charge in [0.1, 0.15) is 11.5 Å². The Labute approximate surface area is 141 Å². The molecular weight excluding hydrogens is 398 g/mol. The molecule has 3 nitrogen and oxygen atoms in total. The van der Waals surface area contributed by atoms with Gasteiger partial charge in [-0.3, -0.25) is 0 Å². The minimum absolute atomic E-state index is 0.714. The quantitative estimate of drug-likeness (QED) is 0.663. The second-order valence-electron chi connectivity index (χ2n) is 4.49. The number of hydrogen-bond acceptors (Lipinski definition) is 3. The molecule has 0 aliphatic carbocycles. The van der Waals surface area contributed by atoms with Crippen molar-refractivity contribution >= 4 is 31.9 Å². The predicted octanol–water partition coefficient (Wildman–Crippen LogP) is 4.74. The van der Waals surface area contributed by atoms with Crippen LogP contribution in [0, 0.1) is 0 Å². The van der Waals surface area contributed by atoms with Crippen molar-refractivity contribution in [2.45, 2.75) is 6.54 Å². The number of ether oxygens (including phenoxy) is 2. The van der Waals surface area contributed by atoms with Crippen LogP contribution in [0.1, 0.15) is 5.56 Å². The first-order chi connectivity index (χ1) is 10.2. The van der Waals surface area contributed by atoms with Gasteiger partial charge in [-0.1, -0.05) is 28.1 Å². The van der Waals surface area contributed by atoms with Gasteiger partial charge < -0.3 is 14.8 Å². The summed E-state index contributed by atoms with van der Waals surface area (Å²) in [5.74, 6) is 1.60. The third kappa shape index (κ3) is 5.43. The maximum Gasteiger partial charge on any atom is 0.141 e. The van der Waals surface area contributed by atoms with Crippen LogP contribution >= 0.6 is 31.9 Å². The number of methoxy groups -OCH3 is 1. The van der Waals surface area contributed by atoms with Crippen LogP contribution in [0.25, 0.3) is 0 Å². The van der Waals surface area contributed by atoms with Crippen molar-refractivity contribution in [1.29, 1.82) is 0 Å². The van der Waals surface area contributed by atoms with Crippen LogP contribution in [0.5, 0.6) is 11.5 Å². The van der Waals surface area contributed by atoms with Gasteiger partial charge in [-0.15, -0.1) is 0 Å². The molecule has 2 aromatic rings. The van der Waals surface area contributed by atoms with E-state index >= 15 is 0 Å². The average molecular weight is 415 g/mol. The van der Waals surface area contributed by atoms with E-state index in [1.807, 2.05) is 30.3 Å². The van der Waals surface area contributed by atoms with E-state index < -0.39 is 0 Å². The SMILES string of the molecule is COCCNCc1ccc(Oc2cccc(Br)c2)c(Br)c1. The number of halogens is 2. The van der Waals surface area contributed by atoms with Gasteiger partial charge in [0.05, 0.1) is 11.1 Å². The molecule has 21 heavy (non-hydrogen) atoms. The molecule has 0 unspecified atom stereocenters. The zero-order chi connectivity index (χ0) is 15.1. The molecule has 5 heteroatoms. The molecule has 0 atom stereocenters. The van der Waals surface area contributed by atoms with E-state index in [1.165, 1.54) is 5.56 Å². The van der Waals surface area contributed by atoms with Crippen LogP contribution in [0.3, 0.4) is 0 Å². The Morgan fingerprint density at radius 3 is 2.67 bits per heavy atom. The summed E-state index contributed by atoms with van der Waals surface area (Å²) >= 11 is 6.99. The van der Waals surface area contributed by atoms with Crippen molar-refractivity contribution < 1.29 is 9.47 Å². The molecule has 1 N–H and O–H groups in total. The minimum Gasteiger partial charge on any atom is -0.456 e. The smallest absolute Gasteiger partial charge is 0.141 e. The van der Waals surface area contributed by atoms with E-state index in [9.17, 15) is 0 Å². The summed E-state index contributed by atoms with van der Waals surface area (Å²) in [7, 11) is 1.70. The summed E-state index contributed by atoms with van der Waals surface area (Å²) in [6.45, 7) is 2.36. The average Bonchev–Trinajstić information content (AvgIpc) is 2.46. The van der Waals surface area contributed by atoms with E-state index in [-0.39, 0.29) is 0 Å². The molecule has 0 aliphatic rings. The Hall–Kier alpha value is -0.880. The molecule has 2 aromatic carbocycles. The summed E-state index contributed by atoms with van der Waals surface area (Å²) in [6.07, 6.45) is 0. The fourth-order valence-electron chi connectivity index (χ4n) is 1.80. The molecule has 0 bridgehead atoms. The molecule has 0 aromatic heterocycles. The number of hydrogen-bond donors (Lipinski definition) is 1. The van der Waals surface area contributed by atoms with Gasteiger partial charge in [0.2, 0.25) is 0 Å². The van der Waals surface area contributed by atoms with Crippen LogP contribution in [0.2, 0.25) is 0 Å². The van der Waals surface area contributed by atoms with Crippen LogP contribution < -0.4 is 10.1 Å². The van der Waals surface area contributed by atoms with Gasteiger partial charge in [0, 0.05) is 24.7 Å². The van der Waals surface area contributed by atoms with Crippen molar-refractivity contribution in [3.05, 3.63) is 57.0 Å². The first-order valence-electron chi connectivity index (χ1n) is 6.60. The van der Waals surface area contributed by atoms with Gasteiger partial charge in [-0.25, -0.2) is 0 Å². The lowest BCUT2D eigenvalue weighted by Crippen LogP contribution is -2.18. The normalized spacial score (nSPS) is 10.6. The first kappa shape index (κ1) is 16.5. The lowest BCUT2D eigenvalue weighted by molar-refractivity contribution is 0.199. The van der Waals surface area contributed by atoms with Gasteiger partial charge >= 0.3 is 0 Å². The van der Waals surface area contributed by atoms with Crippen LogP contribution in [-0.4, -0.2) is 20.3 Å². The highest BCUT2D eigenvalue weighted by atomic mass is 79.9. The van der Waals surface area contributed by atoms with Crippen molar-refractivity contribution in [3.8, 4) is 11.5 Å². The Balaban J connectivity index is 1.98. The zero-order valence-corrected chi connectivity index (χ0v) is 14.9. The standard InChI is InChI=1S/C16H17Br2NO2/c1-20-8-7-19-11-12-5-6-16(15(18)9-12)21-14-4-2-3-13(17)10-14/h2-6,9-10,19H,7-8,11H2,1H3. The molecule has 0 radical (unpaired) electrons. The maximum absolute atomic E-state index is 5.87. The molecule has 0 spiro atoms. The third-order valence-electron chi connectivity index (χ3n) is 2.83. The second-order valence-corrected chi connectivity index (χ2v) is 6.26. The Morgan fingerprint density at radius 1 is 1.10 bits per heavy atom. The largest absolute Gasteiger partial charge is 0.456 e. The minimum atomic E-state index is 0.714. The van der Waals surface area contributed by atoms with E-state index in [4.69, 9.17) is 9.47 Å². The predicted molar refractivity (Wildman–Crippen MR) is 91.9 cm³/mol. The summed E-state index contributed by atoms with van der Waals surface area (Å²) in [4.78, 5) is 0. The molecule has 2 rings (SSSR count). The maximum atomic E-state index is 5.87. The zero-order valence-electron chi connectivity index (χ0n) is 11.7. The molecule has 0 saturated heterocycles. The Morgan fingerprint density at radius 2 is 1.95 bits per heavy atom. The topological polar surface area (TPSA) is 30.5 Å². The number of nitrogens with one attached hydrogen (secondary N) is 1. The Kier molecular flexibility index (Phi) is 6.70. The van der Waals surface area contributed by atoms with Gasteiger partial charge in [0.25, 0.3) is 0 Å². The van der Waals surface area contributed by atoms with Crippen molar-refractivity contribution in [2.75, 3.05) is 20.3 Å². The van der Waals surface area contributed by atoms with Crippen LogP contribution in [0.4, 0.5) is 0 Å². The highest BCUT2D eigenvalue weighted by molar-refractivity contribution is 9.10. The van der Waals surface area contributed by atoms with Crippen molar-refractivity contribution in [2.24, 2.45) is 0 Å². The van der Waals surface area contributed by atoms with Crippen LogP contribution in [-0.2, 0) is 11.3 Å². The molecule has 0 aliphatic heterocycles. The fraction of sp³-hybridized carbons (Fsp3) is 0.250. The van der Waals surface area contributed by atoms with Crippen LogP contribution in [0.15, 0.2) is 51.4 Å². The lowest BCUT2D eigenvalue weighted by atomic mass is 10.2. The van der Waals surface area contributed by atoms with Gasteiger partial charge in [-0.05, 0) is 51.8 Å². The highest BCUT2D eigenvalue weighted by Gasteiger charge is 2.04. The summed E-state index contributed by atoms with van der Waals surface area (Å²) < 4.78 is 12.8. The summed E-state index contributed by atoms with van der Waals surface area (Å²) in [5.41, 5.74) is 1.19. The molecule has 0 heterocycles. The summed E-state index contributed by atoms with van der Waals surface area (Å²) in [6, 6.07) is 13.9. The van der Waals surface area contributed by atoms with Crippen molar-refractivity contribution in [1.82, 2.24) is 5.32 Å². The molecule has 112 valence electrons. The number of benzene rings is 2. The van der Waals surface area contributed by atoms with E-state index in [1.54, 1.807) is 7.11 Å². The van der Waals surface area contributed by atoms with Gasteiger partial charge in [0.15, 0.2) is 0 Å². The molecule has 0 fully saturated rings.